The van der Waals surface area contributed by atoms with Gasteiger partial charge in [0.05, 0.1) is 16.1 Å². The molecule has 1 aliphatic rings. The number of carbonyl (C=O) groups excluding carboxylic acids is 2. The molecule has 0 spiro atoms. The van der Waals surface area contributed by atoms with Crippen molar-refractivity contribution in [1.82, 2.24) is 9.88 Å². The molecule has 4 rings (SSSR count). The Labute approximate surface area is 199 Å². The maximum Gasteiger partial charge on any atom is 0.417 e. The minimum atomic E-state index is -4.68. The number of nitrogens with zero attached hydrogens (tertiary/aromatic N) is 3. The molecule has 0 bridgehead atoms. The van der Waals surface area contributed by atoms with Crippen LogP contribution >= 0.6 is 11.6 Å². The molecule has 9 heteroatoms. The van der Waals surface area contributed by atoms with E-state index in [0.29, 0.717) is 5.69 Å². The second-order valence-electron chi connectivity index (χ2n) is 8.07. The molecule has 2 heterocycles. The Bertz CT molecular complexity index is 1260. The molecule has 0 atom stereocenters. The monoisotopic (exact) mass is 487 g/mol. The van der Waals surface area contributed by atoms with Crippen LogP contribution in [-0.4, -0.2) is 41.3 Å². The van der Waals surface area contributed by atoms with Crippen LogP contribution in [0.1, 0.15) is 27.2 Å². The highest BCUT2D eigenvalue weighted by molar-refractivity contribution is 6.34. The SMILES string of the molecule is Cc1ccc(-c2cccc(N3CCN(C(=O)c4cccc(C(F)(F)F)c4Cl)CC3=O)c2C)cn1. The molecule has 1 aromatic heterocycles. The van der Waals surface area contributed by atoms with Gasteiger partial charge in [-0.2, -0.15) is 13.2 Å². The lowest BCUT2D eigenvalue weighted by Gasteiger charge is -2.35. The van der Waals surface area contributed by atoms with E-state index in [1.54, 1.807) is 11.1 Å². The first-order chi connectivity index (χ1) is 16.1. The van der Waals surface area contributed by atoms with Crippen molar-refractivity contribution >= 4 is 29.1 Å². The minimum absolute atomic E-state index is 0.160. The molecule has 0 N–H and O–H groups in total. The van der Waals surface area contributed by atoms with Gasteiger partial charge in [0.2, 0.25) is 5.91 Å². The van der Waals surface area contributed by atoms with Gasteiger partial charge in [-0.3, -0.25) is 14.6 Å². The van der Waals surface area contributed by atoms with Crippen LogP contribution in [0.25, 0.3) is 11.1 Å². The first-order valence-electron chi connectivity index (χ1n) is 10.6. The average molecular weight is 488 g/mol. The molecular formula is C25H21ClF3N3O2. The average Bonchev–Trinajstić information content (AvgIpc) is 2.79. The number of aromatic nitrogens is 1. The van der Waals surface area contributed by atoms with Gasteiger partial charge in [0.25, 0.3) is 5.91 Å². The molecule has 0 radical (unpaired) electrons. The number of amides is 2. The lowest BCUT2D eigenvalue weighted by molar-refractivity contribution is -0.137. The number of halogens is 4. The van der Waals surface area contributed by atoms with Gasteiger partial charge in [-0.25, -0.2) is 0 Å². The Morgan fingerprint density at radius 1 is 1.03 bits per heavy atom. The second-order valence-corrected chi connectivity index (χ2v) is 8.45. The zero-order chi connectivity index (χ0) is 24.6. The van der Waals surface area contributed by atoms with Gasteiger partial charge in [-0.05, 0) is 49.2 Å². The Morgan fingerprint density at radius 3 is 2.41 bits per heavy atom. The van der Waals surface area contributed by atoms with Gasteiger partial charge in [-0.15, -0.1) is 0 Å². The van der Waals surface area contributed by atoms with Crippen LogP contribution in [-0.2, 0) is 11.0 Å². The normalized spacial score (nSPS) is 14.5. The number of hydrogen-bond acceptors (Lipinski definition) is 3. The standard InChI is InChI=1S/C25H21ClF3N3O2/c1-15-9-10-17(13-30-15)18-5-4-8-21(16(18)2)32-12-11-31(14-22(32)33)24(34)19-6-3-7-20(23(19)26)25(27,28)29/h3-10,13H,11-12,14H2,1-2H3. The van der Waals surface area contributed by atoms with Crippen molar-refractivity contribution in [3.8, 4) is 11.1 Å². The van der Waals surface area contributed by atoms with Crippen LogP contribution in [0, 0.1) is 13.8 Å². The smallest absolute Gasteiger partial charge is 0.327 e. The molecule has 34 heavy (non-hydrogen) atoms. The summed E-state index contributed by atoms with van der Waals surface area (Å²) in [4.78, 5) is 33.1. The molecule has 0 unspecified atom stereocenters. The molecule has 5 nitrogen and oxygen atoms in total. The van der Waals surface area contributed by atoms with E-state index in [1.165, 1.54) is 11.0 Å². The van der Waals surface area contributed by atoms with Gasteiger partial charge >= 0.3 is 6.18 Å². The zero-order valence-electron chi connectivity index (χ0n) is 18.5. The maximum absolute atomic E-state index is 13.2. The van der Waals surface area contributed by atoms with E-state index in [2.05, 4.69) is 4.98 Å². The number of aryl methyl sites for hydroxylation is 1. The molecular weight excluding hydrogens is 467 g/mol. The van der Waals surface area contributed by atoms with E-state index >= 15 is 0 Å². The minimum Gasteiger partial charge on any atom is -0.327 e. The molecule has 1 aliphatic heterocycles. The highest BCUT2D eigenvalue weighted by Gasteiger charge is 2.36. The van der Waals surface area contributed by atoms with E-state index in [1.807, 2.05) is 44.2 Å². The number of anilines is 1. The van der Waals surface area contributed by atoms with Gasteiger partial charge in [-0.1, -0.05) is 35.9 Å². The number of carbonyl (C=O) groups is 2. The van der Waals surface area contributed by atoms with Crippen molar-refractivity contribution in [2.45, 2.75) is 20.0 Å². The van der Waals surface area contributed by atoms with Crippen molar-refractivity contribution < 1.29 is 22.8 Å². The lowest BCUT2D eigenvalue weighted by Crippen LogP contribution is -2.52. The van der Waals surface area contributed by atoms with Crippen molar-refractivity contribution in [1.29, 1.82) is 0 Å². The van der Waals surface area contributed by atoms with Crippen molar-refractivity contribution in [3.05, 3.63) is 82.1 Å². The number of alkyl halides is 3. The Balaban J connectivity index is 1.56. The fourth-order valence-electron chi connectivity index (χ4n) is 4.04. The number of rotatable bonds is 3. The summed E-state index contributed by atoms with van der Waals surface area (Å²) in [5, 5.41) is -0.662. The molecule has 2 aromatic carbocycles. The zero-order valence-corrected chi connectivity index (χ0v) is 19.2. The van der Waals surface area contributed by atoms with Crippen LogP contribution < -0.4 is 4.90 Å². The van der Waals surface area contributed by atoms with Crippen molar-refractivity contribution in [2.75, 3.05) is 24.5 Å². The summed E-state index contributed by atoms with van der Waals surface area (Å²) >= 11 is 5.91. The van der Waals surface area contributed by atoms with Crippen LogP contribution in [0.2, 0.25) is 5.02 Å². The summed E-state index contributed by atoms with van der Waals surface area (Å²) in [5.41, 5.74) is 3.01. The van der Waals surface area contributed by atoms with Crippen LogP contribution in [0.5, 0.6) is 0 Å². The van der Waals surface area contributed by atoms with Gasteiger partial charge < -0.3 is 9.80 Å². The van der Waals surface area contributed by atoms with Crippen LogP contribution in [0.3, 0.4) is 0 Å². The molecule has 1 fully saturated rings. The summed E-state index contributed by atoms with van der Waals surface area (Å²) in [6.45, 7) is 3.92. The summed E-state index contributed by atoms with van der Waals surface area (Å²) in [6, 6.07) is 12.7. The quantitative estimate of drug-likeness (QED) is 0.488. The summed E-state index contributed by atoms with van der Waals surface area (Å²) in [6.07, 6.45) is -2.91. The summed E-state index contributed by atoms with van der Waals surface area (Å²) in [7, 11) is 0. The lowest BCUT2D eigenvalue weighted by atomic mass is 9.99. The van der Waals surface area contributed by atoms with Crippen molar-refractivity contribution in [3.63, 3.8) is 0 Å². The van der Waals surface area contributed by atoms with Crippen LogP contribution in [0.15, 0.2) is 54.7 Å². The van der Waals surface area contributed by atoms with E-state index in [4.69, 9.17) is 11.6 Å². The van der Waals surface area contributed by atoms with Crippen molar-refractivity contribution in [2.24, 2.45) is 0 Å². The second kappa shape index (κ2) is 9.10. The van der Waals surface area contributed by atoms with Gasteiger partial charge in [0.15, 0.2) is 0 Å². The topological polar surface area (TPSA) is 53.5 Å². The third kappa shape index (κ3) is 4.50. The maximum atomic E-state index is 13.2. The first-order valence-corrected chi connectivity index (χ1v) is 10.9. The number of pyridine rings is 1. The summed E-state index contributed by atoms with van der Waals surface area (Å²) < 4.78 is 39.5. The van der Waals surface area contributed by atoms with E-state index < -0.39 is 22.7 Å². The fraction of sp³-hybridized carbons (Fsp3) is 0.240. The molecule has 0 aliphatic carbocycles. The predicted molar refractivity (Wildman–Crippen MR) is 124 cm³/mol. The third-order valence-electron chi connectivity index (χ3n) is 5.86. The Hall–Kier alpha value is -3.39. The highest BCUT2D eigenvalue weighted by Crippen LogP contribution is 2.37. The molecule has 3 aromatic rings. The molecule has 1 saturated heterocycles. The predicted octanol–water partition coefficient (Wildman–Crippen LogP) is 5.53. The summed E-state index contributed by atoms with van der Waals surface area (Å²) in [5.74, 6) is -1.04. The molecule has 0 saturated carbocycles. The van der Waals surface area contributed by atoms with E-state index in [9.17, 15) is 22.8 Å². The first kappa shape index (κ1) is 23.8. The Kier molecular flexibility index (Phi) is 6.36. The largest absolute Gasteiger partial charge is 0.417 e. The molecule has 2 amide bonds. The number of benzene rings is 2. The molecule has 176 valence electrons. The van der Waals surface area contributed by atoms with Crippen LogP contribution in [0.4, 0.5) is 18.9 Å². The fourth-order valence-corrected chi connectivity index (χ4v) is 4.36. The Morgan fingerprint density at radius 2 is 1.76 bits per heavy atom. The third-order valence-corrected chi connectivity index (χ3v) is 6.27. The van der Waals surface area contributed by atoms with Gasteiger partial charge in [0.1, 0.15) is 6.54 Å². The van der Waals surface area contributed by atoms with Gasteiger partial charge in [0, 0.05) is 36.2 Å². The highest BCUT2D eigenvalue weighted by atomic mass is 35.5. The van der Waals surface area contributed by atoms with E-state index in [0.717, 1.165) is 34.5 Å². The number of hydrogen-bond donors (Lipinski definition) is 0. The van der Waals surface area contributed by atoms with E-state index in [-0.39, 0.29) is 31.1 Å². The number of piperazine rings is 1.